The topological polar surface area (TPSA) is 72.0 Å². The minimum Gasteiger partial charge on any atom is -0.366 e. The van der Waals surface area contributed by atoms with Gasteiger partial charge in [0, 0.05) is 24.3 Å². The van der Waals surface area contributed by atoms with Crippen molar-refractivity contribution in [3.05, 3.63) is 60.4 Å². The molecule has 0 amide bonds. The van der Waals surface area contributed by atoms with E-state index in [9.17, 15) is 8.42 Å². The van der Waals surface area contributed by atoms with Crippen LogP contribution < -0.4 is 5.32 Å². The maximum atomic E-state index is 11.9. The minimum absolute atomic E-state index is 0.0947. The fourth-order valence-electron chi connectivity index (χ4n) is 2.26. The van der Waals surface area contributed by atoms with Crippen molar-refractivity contribution in [2.45, 2.75) is 18.4 Å². The Balaban J connectivity index is 1.84. The van der Waals surface area contributed by atoms with E-state index < -0.39 is 9.84 Å². The third kappa shape index (κ3) is 3.48. The summed E-state index contributed by atoms with van der Waals surface area (Å²) in [7, 11) is -3.20. The summed E-state index contributed by atoms with van der Waals surface area (Å²) in [6.07, 6.45) is 3.50. The molecule has 0 spiro atoms. The van der Waals surface area contributed by atoms with Crippen LogP contribution in [0.2, 0.25) is 0 Å². The fourth-order valence-corrected chi connectivity index (χ4v) is 3.17. The van der Waals surface area contributed by atoms with Crippen molar-refractivity contribution < 1.29 is 8.42 Å². The molecule has 0 aliphatic heterocycles. The summed E-state index contributed by atoms with van der Waals surface area (Å²) in [5, 5.41) is 4.07. The molecule has 0 saturated heterocycles. The normalized spacial score (nSPS) is 11.5. The smallest absolute Gasteiger partial charge is 0.178 e. The van der Waals surface area contributed by atoms with Gasteiger partial charge in [-0.15, -0.1) is 0 Å². The predicted molar refractivity (Wildman–Crippen MR) is 91.0 cm³/mol. The molecule has 2 heterocycles. The Morgan fingerprint density at radius 1 is 1.04 bits per heavy atom. The number of benzene rings is 1. The molecule has 0 aliphatic rings. The van der Waals surface area contributed by atoms with Crippen LogP contribution in [0.5, 0.6) is 0 Å². The number of hydrogen-bond acceptors (Lipinski definition) is 5. The Kier molecular flexibility index (Phi) is 4.25. The third-order valence-corrected chi connectivity index (χ3v) is 5.36. The lowest BCUT2D eigenvalue weighted by molar-refractivity contribution is 0.597. The van der Waals surface area contributed by atoms with E-state index in [2.05, 4.69) is 15.3 Å². The van der Waals surface area contributed by atoms with Gasteiger partial charge in [0.2, 0.25) is 0 Å². The van der Waals surface area contributed by atoms with Gasteiger partial charge in [-0.05, 0) is 48.0 Å². The quantitative estimate of drug-likeness (QED) is 0.780. The third-order valence-electron chi connectivity index (χ3n) is 3.62. The first kappa shape index (κ1) is 15.4. The van der Waals surface area contributed by atoms with Crippen molar-refractivity contribution in [2.24, 2.45) is 0 Å². The second-order valence-electron chi connectivity index (χ2n) is 5.16. The van der Waals surface area contributed by atoms with Crippen LogP contribution in [0, 0.1) is 0 Å². The highest BCUT2D eigenvalue weighted by Crippen LogP contribution is 2.20. The Morgan fingerprint density at radius 3 is 2.57 bits per heavy atom. The van der Waals surface area contributed by atoms with E-state index in [4.69, 9.17) is 0 Å². The van der Waals surface area contributed by atoms with Gasteiger partial charge in [0.25, 0.3) is 0 Å². The number of pyridine rings is 2. The zero-order valence-corrected chi connectivity index (χ0v) is 13.5. The molecule has 6 heteroatoms. The van der Waals surface area contributed by atoms with E-state index in [0.717, 1.165) is 22.3 Å². The molecule has 0 bridgehead atoms. The first-order valence-corrected chi connectivity index (χ1v) is 9.00. The molecular weight excluding hydrogens is 310 g/mol. The van der Waals surface area contributed by atoms with Crippen molar-refractivity contribution >= 4 is 26.6 Å². The van der Waals surface area contributed by atoms with Crippen LogP contribution in [0.4, 0.5) is 5.82 Å². The SMILES string of the molecule is CCS(=O)(=O)c1ccc2nc(NCc3ccncc3)ccc2c1. The molecule has 0 atom stereocenters. The van der Waals surface area contributed by atoms with Crippen molar-refractivity contribution in [3.8, 4) is 0 Å². The van der Waals surface area contributed by atoms with Crippen molar-refractivity contribution in [1.82, 2.24) is 9.97 Å². The number of nitrogens with one attached hydrogen (secondary N) is 1. The average molecular weight is 327 g/mol. The summed E-state index contributed by atoms with van der Waals surface area (Å²) in [5.74, 6) is 0.845. The lowest BCUT2D eigenvalue weighted by Gasteiger charge is -2.08. The number of fused-ring (bicyclic) bond motifs is 1. The summed E-state index contributed by atoms with van der Waals surface area (Å²) >= 11 is 0. The zero-order valence-electron chi connectivity index (χ0n) is 12.7. The monoisotopic (exact) mass is 327 g/mol. The molecule has 118 valence electrons. The van der Waals surface area contributed by atoms with Gasteiger partial charge in [0.05, 0.1) is 16.2 Å². The molecule has 0 radical (unpaired) electrons. The van der Waals surface area contributed by atoms with Crippen LogP contribution in [0.25, 0.3) is 10.9 Å². The first-order valence-electron chi connectivity index (χ1n) is 7.35. The molecule has 0 unspecified atom stereocenters. The van der Waals surface area contributed by atoms with Crippen LogP contribution in [-0.4, -0.2) is 24.1 Å². The minimum atomic E-state index is -3.20. The molecule has 0 fully saturated rings. The van der Waals surface area contributed by atoms with Gasteiger partial charge in [-0.25, -0.2) is 13.4 Å². The van der Waals surface area contributed by atoms with Crippen LogP contribution in [0.15, 0.2) is 59.8 Å². The highest BCUT2D eigenvalue weighted by molar-refractivity contribution is 7.91. The number of hydrogen-bond donors (Lipinski definition) is 1. The number of sulfone groups is 1. The maximum Gasteiger partial charge on any atom is 0.178 e. The number of rotatable bonds is 5. The Labute approximate surface area is 135 Å². The summed E-state index contributed by atoms with van der Waals surface area (Å²) in [5.41, 5.74) is 1.88. The first-order chi connectivity index (χ1) is 11.1. The second kappa shape index (κ2) is 6.34. The molecule has 1 aromatic carbocycles. The van der Waals surface area contributed by atoms with E-state index in [0.29, 0.717) is 11.4 Å². The van der Waals surface area contributed by atoms with Gasteiger partial charge >= 0.3 is 0 Å². The summed E-state index contributed by atoms with van der Waals surface area (Å²) < 4.78 is 23.9. The summed E-state index contributed by atoms with van der Waals surface area (Å²) in [4.78, 5) is 8.84. The van der Waals surface area contributed by atoms with Gasteiger partial charge in [0.15, 0.2) is 9.84 Å². The van der Waals surface area contributed by atoms with Gasteiger partial charge in [-0.2, -0.15) is 0 Å². The van der Waals surface area contributed by atoms with Gasteiger partial charge in [0.1, 0.15) is 5.82 Å². The molecule has 5 nitrogen and oxygen atoms in total. The van der Waals surface area contributed by atoms with Gasteiger partial charge in [-0.3, -0.25) is 4.98 Å². The lowest BCUT2D eigenvalue weighted by atomic mass is 10.2. The highest BCUT2D eigenvalue weighted by Gasteiger charge is 2.12. The molecular formula is C17H17N3O2S. The Hall–Kier alpha value is -2.47. The average Bonchev–Trinajstić information content (AvgIpc) is 2.60. The van der Waals surface area contributed by atoms with Crippen molar-refractivity contribution in [2.75, 3.05) is 11.1 Å². The van der Waals surface area contributed by atoms with E-state index in [1.165, 1.54) is 0 Å². The van der Waals surface area contributed by atoms with Gasteiger partial charge in [-0.1, -0.05) is 6.92 Å². The molecule has 0 aliphatic carbocycles. The van der Waals surface area contributed by atoms with Crippen LogP contribution >= 0.6 is 0 Å². The Morgan fingerprint density at radius 2 is 1.83 bits per heavy atom. The molecule has 3 rings (SSSR count). The Bertz CT molecular complexity index is 925. The lowest BCUT2D eigenvalue weighted by Crippen LogP contribution is -2.04. The van der Waals surface area contributed by atoms with Crippen LogP contribution in [0.3, 0.4) is 0 Å². The molecule has 1 N–H and O–H groups in total. The molecule has 3 aromatic rings. The molecule has 0 saturated carbocycles. The number of nitrogens with zero attached hydrogens (tertiary/aromatic N) is 2. The second-order valence-corrected chi connectivity index (χ2v) is 7.44. The highest BCUT2D eigenvalue weighted by atomic mass is 32.2. The zero-order chi connectivity index (χ0) is 16.3. The molecule has 23 heavy (non-hydrogen) atoms. The van der Waals surface area contributed by atoms with E-state index in [-0.39, 0.29) is 5.75 Å². The van der Waals surface area contributed by atoms with Crippen LogP contribution in [0.1, 0.15) is 12.5 Å². The standard InChI is InChI=1S/C17H17N3O2S/c1-2-23(21,22)15-4-5-16-14(11-15)3-6-17(20-16)19-12-13-7-9-18-10-8-13/h3-11H,2,12H2,1H3,(H,19,20). The number of anilines is 1. The van der Waals surface area contributed by atoms with Gasteiger partial charge < -0.3 is 5.32 Å². The fraction of sp³-hybridized carbons (Fsp3) is 0.176. The van der Waals surface area contributed by atoms with E-state index >= 15 is 0 Å². The van der Waals surface area contributed by atoms with Crippen molar-refractivity contribution in [3.63, 3.8) is 0 Å². The molecule has 2 aromatic heterocycles. The predicted octanol–water partition coefficient (Wildman–Crippen LogP) is 3.04. The summed E-state index contributed by atoms with van der Waals surface area (Å²) in [6, 6.07) is 12.6. The largest absolute Gasteiger partial charge is 0.366 e. The summed E-state index contributed by atoms with van der Waals surface area (Å²) in [6.45, 7) is 2.30. The van der Waals surface area contributed by atoms with E-state index in [1.54, 1.807) is 37.5 Å². The maximum absolute atomic E-state index is 11.9. The van der Waals surface area contributed by atoms with Crippen molar-refractivity contribution in [1.29, 1.82) is 0 Å². The van der Waals surface area contributed by atoms with E-state index in [1.807, 2.05) is 24.3 Å². The van der Waals surface area contributed by atoms with Crippen LogP contribution in [-0.2, 0) is 16.4 Å². The number of aromatic nitrogens is 2.